The first-order valence-corrected chi connectivity index (χ1v) is 4.37. The Kier molecular flexibility index (Phi) is 3.87. The lowest BCUT2D eigenvalue weighted by Crippen LogP contribution is -2.31. The fourth-order valence-electron chi connectivity index (χ4n) is 0.997. The van der Waals surface area contributed by atoms with Crippen LogP contribution in [-0.4, -0.2) is 30.6 Å². The quantitative estimate of drug-likeness (QED) is 0.629. The van der Waals surface area contributed by atoms with Gasteiger partial charge in [0.2, 0.25) is 11.7 Å². The van der Waals surface area contributed by atoms with E-state index in [9.17, 15) is 9.59 Å². The molecule has 1 amide bonds. The number of likely N-dealkylation sites (N-methyl/N-ethyl adjacent to an activating group) is 1. The number of aromatic carboxylic acids is 1. The van der Waals surface area contributed by atoms with E-state index in [4.69, 9.17) is 9.52 Å². The number of carbonyl (C=O) groups is 2. The maximum Gasteiger partial charge on any atom is 0.371 e. The molecule has 0 spiro atoms. The highest BCUT2D eigenvalue weighted by Crippen LogP contribution is 2.06. The molecule has 0 aromatic carbocycles. The van der Waals surface area contributed by atoms with Crippen molar-refractivity contribution in [1.29, 1.82) is 0 Å². The van der Waals surface area contributed by atoms with E-state index in [2.05, 4.69) is 10.6 Å². The minimum absolute atomic E-state index is 0.132. The Hall–Kier alpha value is -1.82. The fourth-order valence-corrected chi connectivity index (χ4v) is 0.997. The molecule has 1 aromatic rings. The van der Waals surface area contributed by atoms with Gasteiger partial charge in [0.15, 0.2) is 0 Å². The van der Waals surface area contributed by atoms with Crippen LogP contribution < -0.4 is 10.6 Å². The molecule has 1 aromatic heterocycles. The number of carbonyl (C=O) groups excluding carboxylic acids is 1. The van der Waals surface area contributed by atoms with E-state index in [0.29, 0.717) is 5.76 Å². The zero-order valence-electron chi connectivity index (χ0n) is 8.24. The number of carboxylic acids is 1. The Morgan fingerprint density at radius 3 is 2.73 bits per heavy atom. The smallest absolute Gasteiger partial charge is 0.371 e. The van der Waals surface area contributed by atoms with Crippen molar-refractivity contribution >= 4 is 11.9 Å². The van der Waals surface area contributed by atoms with Gasteiger partial charge in [0.1, 0.15) is 5.76 Å². The minimum atomic E-state index is -1.12. The van der Waals surface area contributed by atoms with E-state index in [1.165, 1.54) is 12.1 Å². The van der Waals surface area contributed by atoms with E-state index >= 15 is 0 Å². The van der Waals surface area contributed by atoms with Crippen molar-refractivity contribution in [2.75, 3.05) is 13.6 Å². The first-order chi connectivity index (χ1) is 7.13. The number of carboxylic acid groups (broad SMARTS) is 1. The first kappa shape index (κ1) is 11.3. The van der Waals surface area contributed by atoms with Crippen molar-refractivity contribution in [3.8, 4) is 0 Å². The molecule has 1 rings (SSSR count). The zero-order chi connectivity index (χ0) is 11.3. The summed E-state index contributed by atoms with van der Waals surface area (Å²) in [5.74, 6) is -1.02. The van der Waals surface area contributed by atoms with Crippen molar-refractivity contribution in [1.82, 2.24) is 10.6 Å². The molecule has 0 aliphatic carbocycles. The number of amides is 1. The van der Waals surface area contributed by atoms with Gasteiger partial charge >= 0.3 is 5.97 Å². The van der Waals surface area contributed by atoms with Crippen LogP contribution in [0.15, 0.2) is 16.5 Å². The molecule has 6 nitrogen and oxygen atoms in total. The monoisotopic (exact) mass is 212 g/mol. The van der Waals surface area contributed by atoms with Crippen molar-refractivity contribution in [3.05, 3.63) is 23.7 Å². The molecule has 82 valence electrons. The van der Waals surface area contributed by atoms with E-state index in [0.717, 1.165) is 0 Å². The molecule has 15 heavy (non-hydrogen) atoms. The molecule has 0 saturated heterocycles. The lowest BCUT2D eigenvalue weighted by atomic mass is 10.4. The average Bonchev–Trinajstić information content (AvgIpc) is 2.63. The standard InChI is InChI=1S/C9H12N2O4/c1-10-5-8(12)11-4-6-2-3-7(15-6)9(13)14/h2-3,10H,4-5H2,1H3,(H,11,12)(H,13,14). The summed E-state index contributed by atoms with van der Waals surface area (Å²) >= 11 is 0. The first-order valence-electron chi connectivity index (χ1n) is 4.37. The second-order valence-corrected chi connectivity index (χ2v) is 2.88. The number of hydrogen-bond acceptors (Lipinski definition) is 4. The van der Waals surface area contributed by atoms with Gasteiger partial charge < -0.3 is 20.2 Å². The normalized spacial score (nSPS) is 9.93. The summed E-state index contributed by atoms with van der Waals surface area (Å²) in [5, 5.41) is 13.8. The molecule has 3 N–H and O–H groups in total. The summed E-state index contributed by atoms with van der Waals surface area (Å²) < 4.78 is 4.94. The SMILES string of the molecule is CNCC(=O)NCc1ccc(C(=O)O)o1. The molecule has 0 radical (unpaired) electrons. The largest absolute Gasteiger partial charge is 0.475 e. The highest BCUT2D eigenvalue weighted by Gasteiger charge is 2.09. The molecule has 0 bridgehead atoms. The highest BCUT2D eigenvalue weighted by atomic mass is 16.4. The highest BCUT2D eigenvalue weighted by molar-refractivity contribution is 5.84. The second kappa shape index (κ2) is 5.16. The summed E-state index contributed by atoms with van der Waals surface area (Å²) in [6, 6.07) is 2.87. The van der Waals surface area contributed by atoms with Crippen LogP contribution in [0.3, 0.4) is 0 Å². The van der Waals surface area contributed by atoms with Gasteiger partial charge in [-0.25, -0.2) is 4.79 Å². The molecule has 0 unspecified atom stereocenters. The molecule has 0 fully saturated rings. The number of rotatable bonds is 5. The third kappa shape index (κ3) is 3.43. The van der Waals surface area contributed by atoms with Gasteiger partial charge in [-0.1, -0.05) is 0 Å². The van der Waals surface area contributed by atoms with Crippen LogP contribution in [0.4, 0.5) is 0 Å². The van der Waals surface area contributed by atoms with Gasteiger partial charge in [0.25, 0.3) is 0 Å². The maximum atomic E-state index is 11.0. The summed E-state index contributed by atoms with van der Waals surface area (Å²) in [7, 11) is 1.66. The molecule has 0 saturated carbocycles. The van der Waals surface area contributed by atoms with Crippen LogP contribution in [-0.2, 0) is 11.3 Å². The Labute approximate surface area is 86.3 Å². The van der Waals surface area contributed by atoms with Crippen LogP contribution in [0.25, 0.3) is 0 Å². The molecule has 0 aliphatic heterocycles. The Morgan fingerprint density at radius 2 is 2.20 bits per heavy atom. The van der Waals surface area contributed by atoms with Gasteiger partial charge in [-0.05, 0) is 19.2 Å². The Morgan fingerprint density at radius 1 is 1.47 bits per heavy atom. The van der Waals surface area contributed by atoms with E-state index in [1.54, 1.807) is 7.05 Å². The van der Waals surface area contributed by atoms with E-state index < -0.39 is 5.97 Å². The van der Waals surface area contributed by atoms with Crippen molar-refractivity contribution < 1.29 is 19.1 Å². The van der Waals surface area contributed by atoms with Crippen molar-refractivity contribution in [2.24, 2.45) is 0 Å². The topological polar surface area (TPSA) is 91.6 Å². The zero-order valence-corrected chi connectivity index (χ0v) is 8.24. The Bertz CT molecular complexity index is 359. The molecular formula is C9H12N2O4. The third-order valence-corrected chi connectivity index (χ3v) is 1.67. The minimum Gasteiger partial charge on any atom is -0.475 e. The maximum absolute atomic E-state index is 11.0. The van der Waals surface area contributed by atoms with Gasteiger partial charge in [-0.2, -0.15) is 0 Å². The summed E-state index contributed by atoms with van der Waals surface area (Å²) in [5.41, 5.74) is 0. The second-order valence-electron chi connectivity index (χ2n) is 2.88. The average molecular weight is 212 g/mol. The summed E-state index contributed by atoms with van der Waals surface area (Å²) in [4.78, 5) is 21.5. The molecular weight excluding hydrogens is 200 g/mol. The predicted octanol–water partition coefficient (Wildman–Crippen LogP) is -0.187. The van der Waals surface area contributed by atoms with E-state index in [-0.39, 0.29) is 24.8 Å². The number of furan rings is 1. The Balaban J connectivity index is 2.44. The molecule has 6 heteroatoms. The van der Waals surface area contributed by atoms with Gasteiger partial charge in [-0.15, -0.1) is 0 Å². The van der Waals surface area contributed by atoms with Gasteiger partial charge in [-0.3, -0.25) is 4.79 Å². The molecule has 0 aliphatic rings. The van der Waals surface area contributed by atoms with Crippen LogP contribution in [0.5, 0.6) is 0 Å². The van der Waals surface area contributed by atoms with Crippen LogP contribution >= 0.6 is 0 Å². The number of hydrogen-bond donors (Lipinski definition) is 3. The lowest BCUT2D eigenvalue weighted by Gasteiger charge is -2.01. The molecule has 1 heterocycles. The number of nitrogens with one attached hydrogen (secondary N) is 2. The third-order valence-electron chi connectivity index (χ3n) is 1.67. The predicted molar refractivity (Wildman–Crippen MR) is 51.4 cm³/mol. The van der Waals surface area contributed by atoms with Gasteiger partial charge in [0, 0.05) is 0 Å². The summed E-state index contributed by atoms with van der Waals surface area (Å²) in [6.07, 6.45) is 0. The van der Waals surface area contributed by atoms with Gasteiger partial charge in [0.05, 0.1) is 13.1 Å². The van der Waals surface area contributed by atoms with Crippen molar-refractivity contribution in [2.45, 2.75) is 6.54 Å². The van der Waals surface area contributed by atoms with Crippen molar-refractivity contribution in [3.63, 3.8) is 0 Å². The van der Waals surface area contributed by atoms with Crippen LogP contribution in [0, 0.1) is 0 Å². The lowest BCUT2D eigenvalue weighted by molar-refractivity contribution is -0.120. The summed E-state index contributed by atoms with van der Waals surface area (Å²) in [6.45, 7) is 0.403. The van der Waals surface area contributed by atoms with Crippen LogP contribution in [0.1, 0.15) is 16.3 Å². The van der Waals surface area contributed by atoms with E-state index in [1.807, 2.05) is 0 Å². The van der Waals surface area contributed by atoms with Crippen LogP contribution in [0.2, 0.25) is 0 Å². The fraction of sp³-hybridized carbons (Fsp3) is 0.333. The molecule has 0 atom stereocenters.